The third-order valence-electron chi connectivity index (χ3n) is 2.39. The number of benzene rings is 1. The summed E-state index contributed by atoms with van der Waals surface area (Å²) in [6.45, 7) is 3.75. The molecule has 2 rings (SSSR count). The maximum atomic E-state index is 10.7. The van der Waals surface area contributed by atoms with E-state index in [1.165, 1.54) is 12.1 Å². The minimum Gasteiger partial charge on any atom is -0.398 e. The summed E-state index contributed by atoms with van der Waals surface area (Å²) in [5.74, 6) is 0. The van der Waals surface area contributed by atoms with Crippen LogP contribution in [0.4, 0.5) is 11.4 Å². The Morgan fingerprint density at radius 2 is 2.00 bits per heavy atom. The summed E-state index contributed by atoms with van der Waals surface area (Å²) in [7, 11) is 0. The van der Waals surface area contributed by atoms with Gasteiger partial charge in [0.15, 0.2) is 0 Å². The Kier molecular flexibility index (Phi) is 2.55. The number of nitrogens with two attached hydrogens (primary N) is 1. The fourth-order valence-corrected chi connectivity index (χ4v) is 1.74. The lowest BCUT2D eigenvalue weighted by atomic mass is 10.2. The zero-order valence-corrected chi connectivity index (χ0v) is 9.54. The van der Waals surface area contributed by atoms with Crippen LogP contribution >= 0.6 is 0 Å². The summed E-state index contributed by atoms with van der Waals surface area (Å²) in [6.07, 6.45) is 0. The van der Waals surface area contributed by atoms with Crippen LogP contribution in [0.2, 0.25) is 0 Å². The average Bonchev–Trinajstić information content (AvgIpc) is 2.57. The standard InChI is InChI=1S/C11H12N4O2/c1-7-3-8(2)14(13-7)10-4-9(12)5-11(6-10)15(16)17/h3-6H,12H2,1-2H3. The van der Waals surface area contributed by atoms with Crippen LogP contribution < -0.4 is 5.73 Å². The molecule has 6 nitrogen and oxygen atoms in total. The monoisotopic (exact) mass is 232 g/mol. The zero-order valence-electron chi connectivity index (χ0n) is 9.54. The number of aromatic nitrogens is 2. The van der Waals surface area contributed by atoms with Crippen molar-refractivity contribution in [3.8, 4) is 5.69 Å². The Labute approximate surface area is 97.8 Å². The summed E-state index contributed by atoms with van der Waals surface area (Å²) in [5.41, 5.74) is 8.32. The number of nitro benzene ring substituents is 1. The van der Waals surface area contributed by atoms with Crippen LogP contribution in [-0.4, -0.2) is 14.7 Å². The van der Waals surface area contributed by atoms with Crippen LogP contribution in [-0.2, 0) is 0 Å². The molecule has 1 aromatic carbocycles. The highest BCUT2D eigenvalue weighted by molar-refractivity contribution is 5.56. The Balaban J connectivity index is 2.59. The summed E-state index contributed by atoms with van der Waals surface area (Å²) >= 11 is 0. The van der Waals surface area contributed by atoms with Gasteiger partial charge < -0.3 is 5.73 Å². The van der Waals surface area contributed by atoms with Crippen molar-refractivity contribution in [1.29, 1.82) is 0 Å². The molecule has 0 atom stereocenters. The molecule has 2 aromatic rings. The van der Waals surface area contributed by atoms with E-state index in [0.29, 0.717) is 11.4 Å². The van der Waals surface area contributed by atoms with Gasteiger partial charge in [0.1, 0.15) is 0 Å². The number of anilines is 1. The quantitative estimate of drug-likeness (QED) is 0.487. The topological polar surface area (TPSA) is 87.0 Å². The molecule has 6 heteroatoms. The van der Waals surface area contributed by atoms with Gasteiger partial charge >= 0.3 is 0 Å². The molecule has 0 radical (unpaired) electrons. The first-order chi connectivity index (χ1) is 7.97. The van der Waals surface area contributed by atoms with Crippen LogP contribution in [0.25, 0.3) is 5.69 Å². The predicted octanol–water partition coefficient (Wildman–Crippen LogP) is 1.98. The van der Waals surface area contributed by atoms with Gasteiger partial charge in [-0.1, -0.05) is 0 Å². The Hall–Kier alpha value is -2.37. The molecular formula is C11H12N4O2. The number of hydrogen-bond acceptors (Lipinski definition) is 4. The first kappa shape index (κ1) is 11.1. The lowest BCUT2D eigenvalue weighted by Gasteiger charge is -2.05. The van der Waals surface area contributed by atoms with Crippen molar-refractivity contribution in [3.05, 3.63) is 45.8 Å². The third-order valence-corrected chi connectivity index (χ3v) is 2.39. The van der Waals surface area contributed by atoms with E-state index in [4.69, 9.17) is 5.73 Å². The van der Waals surface area contributed by atoms with Gasteiger partial charge in [0.2, 0.25) is 0 Å². The van der Waals surface area contributed by atoms with E-state index >= 15 is 0 Å². The molecule has 0 unspecified atom stereocenters. The Bertz CT molecular complexity index is 589. The third kappa shape index (κ3) is 2.10. The van der Waals surface area contributed by atoms with Gasteiger partial charge in [0.05, 0.1) is 16.3 Å². The van der Waals surface area contributed by atoms with Crippen molar-refractivity contribution in [3.63, 3.8) is 0 Å². The zero-order chi connectivity index (χ0) is 12.6. The smallest absolute Gasteiger partial charge is 0.273 e. The number of nitro groups is 1. The highest BCUT2D eigenvalue weighted by Gasteiger charge is 2.11. The SMILES string of the molecule is Cc1cc(C)n(-c2cc(N)cc([N+](=O)[O-])c2)n1. The number of nitrogen functional groups attached to an aromatic ring is 1. The number of non-ortho nitro benzene ring substituents is 1. The molecule has 0 saturated heterocycles. The minimum absolute atomic E-state index is 0.0347. The van der Waals surface area contributed by atoms with Gasteiger partial charge in [-0.2, -0.15) is 5.10 Å². The molecule has 0 amide bonds. The van der Waals surface area contributed by atoms with Crippen molar-refractivity contribution >= 4 is 11.4 Å². The average molecular weight is 232 g/mol. The van der Waals surface area contributed by atoms with Crippen molar-refractivity contribution in [2.24, 2.45) is 0 Å². The van der Waals surface area contributed by atoms with Crippen molar-refractivity contribution < 1.29 is 4.92 Å². The summed E-state index contributed by atoms with van der Waals surface area (Å²) < 4.78 is 1.64. The molecule has 17 heavy (non-hydrogen) atoms. The number of nitrogens with zero attached hydrogens (tertiary/aromatic N) is 3. The van der Waals surface area contributed by atoms with Crippen LogP contribution in [0.1, 0.15) is 11.4 Å². The van der Waals surface area contributed by atoms with E-state index in [2.05, 4.69) is 5.10 Å². The molecule has 0 spiro atoms. The van der Waals surface area contributed by atoms with E-state index in [0.717, 1.165) is 11.4 Å². The van der Waals surface area contributed by atoms with Gasteiger partial charge in [-0.3, -0.25) is 10.1 Å². The minimum atomic E-state index is -0.467. The van der Waals surface area contributed by atoms with Crippen LogP contribution in [0.5, 0.6) is 0 Å². The molecule has 0 saturated carbocycles. The van der Waals surface area contributed by atoms with Crippen molar-refractivity contribution in [2.75, 3.05) is 5.73 Å². The van der Waals surface area contributed by atoms with Gasteiger partial charge in [-0.15, -0.1) is 0 Å². The molecule has 2 N–H and O–H groups in total. The van der Waals surface area contributed by atoms with Crippen LogP contribution in [0.3, 0.4) is 0 Å². The normalized spacial score (nSPS) is 10.5. The number of hydrogen-bond donors (Lipinski definition) is 1. The number of aryl methyl sites for hydroxylation is 2. The second kappa shape index (κ2) is 3.89. The molecule has 0 fully saturated rings. The summed E-state index contributed by atoms with van der Waals surface area (Å²) in [5, 5.41) is 15.0. The molecular weight excluding hydrogens is 220 g/mol. The molecule has 88 valence electrons. The van der Waals surface area contributed by atoms with Crippen LogP contribution in [0, 0.1) is 24.0 Å². The molecule has 0 bridgehead atoms. The van der Waals surface area contributed by atoms with Gasteiger partial charge in [0.25, 0.3) is 5.69 Å². The predicted molar refractivity (Wildman–Crippen MR) is 64.1 cm³/mol. The highest BCUT2D eigenvalue weighted by atomic mass is 16.6. The molecule has 1 heterocycles. The van der Waals surface area contributed by atoms with Crippen molar-refractivity contribution in [2.45, 2.75) is 13.8 Å². The largest absolute Gasteiger partial charge is 0.398 e. The van der Waals surface area contributed by atoms with E-state index in [1.807, 2.05) is 19.9 Å². The van der Waals surface area contributed by atoms with E-state index in [-0.39, 0.29) is 5.69 Å². The molecule has 0 aliphatic rings. The second-order valence-electron chi connectivity index (χ2n) is 3.88. The van der Waals surface area contributed by atoms with E-state index < -0.39 is 4.92 Å². The van der Waals surface area contributed by atoms with E-state index in [1.54, 1.807) is 10.7 Å². The first-order valence-electron chi connectivity index (χ1n) is 5.06. The fourth-order valence-electron chi connectivity index (χ4n) is 1.74. The summed E-state index contributed by atoms with van der Waals surface area (Å²) in [4.78, 5) is 10.3. The highest BCUT2D eigenvalue weighted by Crippen LogP contribution is 2.22. The molecule has 0 aliphatic heterocycles. The Morgan fingerprint density at radius 3 is 2.53 bits per heavy atom. The molecule has 1 aromatic heterocycles. The van der Waals surface area contributed by atoms with E-state index in [9.17, 15) is 10.1 Å². The van der Waals surface area contributed by atoms with Gasteiger partial charge in [0, 0.05) is 23.5 Å². The number of rotatable bonds is 2. The molecule has 0 aliphatic carbocycles. The summed E-state index contributed by atoms with van der Waals surface area (Å²) in [6, 6.07) is 6.34. The lowest BCUT2D eigenvalue weighted by Crippen LogP contribution is -2.01. The lowest BCUT2D eigenvalue weighted by molar-refractivity contribution is -0.384. The second-order valence-corrected chi connectivity index (χ2v) is 3.88. The first-order valence-corrected chi connectivity index (χ1v) is 5.06. The van der Waals surface area contributed by atoms with Crippen molar-refractivity contribution in [1.82, 2.24) is 9.78 Å². The van der Waals surface area contributed by atoms with Crippen LogP contribution in [0.15, 0.2) is 24.3 Å². The maximum absolute atomic E-state index is 10.7. The Morgan fingerprint density at radius 1 is 1.29 bits per heavy atom. The van der Waals surface area contributed by atoms with Gasteiger partial charge in [-0.25, -0.2) is 4.68 Å². The maximum Gasteiger partial charge on any atom is 0.273 e. The van der Waals surface area contributed by atoms with Gasteiger partial charge in [-0.05, 0) is 26.0 Å². The fraction of sp³-hybridized carbons (Fsp3) is 0.182.